The summed E-state index contributed by atoms with van der Waals surface area (Å²) in [5, 5.41) is 13.3. The van der Waals surface area contributed by atoms with Gasteiger partial charge in [-0.2, -0.15) is 0 Å². The van der Waals surface area contributed by atoms with Crippen molar-refractivity contribution < 1.29 is 61.8 Å². The molecular formula is C54H105N4O13P. The molecule has 0 aromatic rings. The molecule has 18 heteroatoms. The van der Waals surface area contributed by atoms with Gasteiger partial charge in [-0.05, 0) is 83.8 Å². The Balaban J connectivity index is -0.00000550. The Labute approximate surface area is 436 Å². The Morgan fingerprint density at radius 1 is 0.514 bits per heavy atom. The molecule has 0 rings (SSSR count). The Hall–Kier alpha value is -3.34. The van der Waals surface area contributed by atoms with Crippen LogP contribution >= 0.6 is 7.82 Å². The van der Waals surface area contributed by atoms with Crippen molar-refractivity contribution in [3.05, 3.63) is 24.3 Å². The fourth-order valence-electron chi connectivity index (χ4n) is 7.19. The minimum absolute atomic E-state index is 0. The summed E-state index contributed by atoms with van der Waals surface area (Å²) < 4.78 is 38.4. The van der Waals surface area contributed by atoms with Gasteiger partial charge in [-0.15, -0.1) is 0 Å². The third-order valence-electron chi connectivity index (χ3n) is 11.6. The van der Waals surface area contributed by atoms with Crippen LogP contribution in [-0.2, 0) is 47.0 Å². The highest BCUT2D eigenvalue weighted by molar-refractivity contribution is 7.47. The number of carboxylic acids is 1. The van der Waals surface area contributed by atoms with E-state index in [0.717, 1.165) is 77.0 Å². The van der Waals surface area contributed by atoms with E-state index in [1.807, 2.05) is 0 Å². The first kappa shape index (κ1) is 72.9. The lowest BCUT2D eigenvalue weighted by Gasteiger charge is -2.20. The molecule has 0 radical (unpaired) electrons. The van der Waals surface area contributed by atoms with Gasteiger partial charge >= 0.3 is 31.8 Å². The van der Waals surface area contributed by atoms with Crippen molar-refractivity contribution in [3.8, 4) is 0 Å². The fourth-order valence-corrected chi connectivity index (χ4v) is 7.94. The minimum atomic E-state index is -4.67. The fraction of sp³-hybridized carbons (Fsp3) is 0.833. The number of carbonyl (C=O) groups excluding carboxylic acids is 4. The maximum absolute atomic E-state index is 12.8. The third kappa shape index (κ3) is 56.0. The number of unbranched alkanes of at least 4 members (excludes halogenated alkanes) is 22. The molecule has 0 fully saturated rings. The molecule has 17 nitrogen and oxygen atoms in total. The molecule has 0 aromatic carbocycles. The van der Waals surface area contributed by atoms with Crippen LogP contribution in [0.25, 0.3) is 0 Å². The number of hydrogen-bond acceptors (Lipinski definition) is 13. The number of rotatable bonds is 49. The van der Waals surface area contributed by atoms with Crippen LogP contribution < -0.4 is 16.8 Å². The highest BCUT2D eigenvalue weighted by atomic mass is 31.2. The molecule has 0 heterocycles. The first-order valence-electron chi connectivity index (χ1n) is 27.7. The zero-order chi connectivity index (χ0) is 52.9. The van der Waals surface area contributed by atoms with Crippen molar-refractivity contribution in [1.82, 2.24) is 21.7 Å². The van der Waals surface area contributed by atoms with Crippen LogP contribution in [0.1, 0.15) is 227 Å². The van der Waals surface area contributed by atoms with E-state index >= 15 is 0 Å². The standard InChI is InChI=1S/C48H87N2O13P.C6H15N.H3N/c1-3-5-7-9-11-13-15-17-19-21-23-25-27-29-31-33-46(54)60-41-43(63-47(55)34-32-30-28-26-24-22-20-18-16-14-12-10-8-6-4-2)42-62-64(57,58)61-40-38-50-48(56)59-39-37-49-44(51)35-36-45(52)53;1-4-7(5-2)6-3;/h17-20,43H,3-16,21-42H2,1-2H3,(H,49,51)(H,50,56)(H,52,53)(H,57,58);4-6H2,1-3H3;1H3/b19-17-,20-18-;;/t43-;;/m1../s1. The summed E-state index contributed by atoms with van der Waals surface area (Å²) in [7, 11) is -4.67. The van der Waals surface area contributed by atoms with Gasteiger partial charge in [-0.1, -0.05) is 162 Å². The molecule has 1 unspecified atom stereocenters. The van der Waals surface area contributed by atoms with Gasteiger partial charge in [-0.3, -0.25) is 28.2 Å². The van der Waals surface area contributed by atoms with E-state index in [0.29, 0.717) is 12.8 Å². The molecule has 2 amide bonds. The van der Waals surface area contributed by atoms with Crippen LogP contribution in [0.3, 0.4) is 0 Å². The average molecular weight is 1050 g/mol. The third-order valence-corrected chi connectivity index (χ3v) is 12.6. The van der Waals surface area contributed by atoms with Crippen LogP contribution in [0.2, 0.25) is 0 Å². The Bertz CT molecular complexity index is 1400. The molecule has 7 N–H and O–H groups in total. The summed E-state index contributed by atoms with van der Waals surface area (Å²) >= 11 is 0. The number of carbonyl (C=O) groups is 5. The Morgan fingerprint density at radius 2 is 0.944 bits per heavy atom. The van der Waals surface area contributed by atoms with Crippen molar-refractivity contribution in [2.75, 3.05) is 59.2 Å². The molecule has 0 aliphatic carbocycles. The highest BCUT2D eigenvalue weighted by Crippen LogP contribution is 2.43. The molecule has 0 aliphatic rings. The molecule has 0 saturated carbocycles. The van der Waals surface area contributed by atoms with Gasteiger partial charge in [0.15, 0.2) is 6.10 Å². The van der Waals surface area contributed by atoms with Crippen LogP contribution in [0, 0.1) is 0 Å². The van der Waals surface area contributed by atoms with Gasteiger partial charge < -0.3 is 45.9 Å². The molecule has 2 atom stereocenters. The van der Waals surface area contributed by atoms with Crippen molar-refractivity contribution in [2.45, 2.75) is 233 Å². The van der Waals surface area contributed by atoms with Crippen LogP contribution in [0.15, 0.2) is 24.3 Å². The van der Waals surface area contributed by atoms with E-state index in [1.165, 1.54) is 96.7 Å². The lowest BCUT2D eigenvalue weighted by molar-refractivity contribution is -0.161. The van der Waals surface area contributed by atoms with E-state index in [-0.39, 0.29) is 58.1 Å². The second kappa shape index (κ2) is 55.4. The maximum atomic E-state index is 12.8. The number of phosphoric acid groups is 1. The summed E-state index contributed by atoms with van der Waals surface area (Å²) in [6, 6.07) is 0. The lowest BCUT2D eigenvalue weighted by Crippen LogP contribution is -2.32. The van der Waals surface area contributed by atoms with E-state index < -0.39 is 57.0 Å². The van der Waals surface area contributed by atoms with Crippen molar-refractivity contribution >= 4 is 37.7 Å². The van der Waals surface area contributed by atoms with Gasteiger partial charge in [0, 0.05) is 25.8 Å². The monoisotopic (exact) mass is 1050 g/mol. The first-order valence-corrected chi connectivity index (χ1v) is 29.2. The number of hydrogen-bond donors (Lipinski definition) is 5. The Kier molecular flexibility index (Phi) is 56.1. The zero-order valence-electron chi connectivity index (χ0n) is 46.0. The van der Waals surface area contributed by atoms with Gasteiger partial charge in [0.25, 0.3) is 0 Å². The molecule has 0 saturated heterocycles. The number of allylic oxidation sites excluding steroid dienone is 4. The summed E-state index contributed by atoms with van der Waals surface area (Å²) in [5.41, 5.74) is 0. The van der Waals surface area contributed by atoms with Gasteiger partial charge in [0.1, 0.15) is 13.2 Å². The summed E-state index contributed by atoms with van der Waals surface area (Å²) in [6.45, 7) is 12.8. The molecule has 0 aliphatic heterocycles. The van der Waals surface area contributed by atoms with Crippen molar-refractivity contribution in [2.24, 2.45) is 0 Å². The number of alkyl carbamates (subject to hydrolysis) is 1. The predicted octanol–water partition coefficient (Wildman–Crippen LogP) is 12.9. The van der Waals surface area contributed by atoms with E-state index in [4.69, 9.17) is 28.4 Å². The number of carboxylic acid groups (broad SMARTS) is 1. The van der Waals surface area contributed by atoms with Crippen LogP contribution in [0.5, 0.6) is 0 Å². The Morgan fingerprint density at radius 3 is 1.39 bits per heavy atom. The highest BCUT2D eigenvalue weighted by Gasteiger charge is 2.26. The zero-order valence-corrected chi connectivity index (χ0v) is 46.8. The molecule has 0 bridgehead atoms. The molecule has 0 spiro atoms. The number of phosphoric ester groups is 1. The number of ether oxygens (including phenoxy) is 3. The van der Waals surface area contributed by atoms with Crippen molar-refractivity contribution in [1.29, 1.82) is 0 Å². The van der Waals surface area contributed by atoms with Gasteiger partial charge in [0.05, 0.1) is 26.2 Å². The summed E-state index contributed by atoms with van der Waals surface area (Å²) in [4.78, 5) is 71.8. The minimum Gasteiger partial charge on any atom is -0.481 e. The maximum Gasteiger partial charge on any atom is 0.472 e. The average Bonchev–Trinajstić information content (AvgIpc) is 3.35. The second-order valence-electron chi connectivity index (χ2n) is 18.0. The summed E-state index contributed by atoms with van der Waals surface area (Å²) in [6.07, 6.45) is 36.4. The van der Waals surface area contributed by atoms with Crippen molar-refractivity contribution in [3.63, 3.8) is 0 Å². The topological polar surface area (TPSA) is 251 Å². The lowest BCUT2D eigenvalue weighted by atomic mass is 10.1. The van der Waals surface area contributed by atoms with E-state index in [1.54, 1.807) is 0 Å². The number of nitrogens with zero attached hydrogens (tertiary/aromatic N) is 1. The number of nitrogens with one attached hydrogen (secondary N) is 2. The quantitative estimate of drug-likeness (QED) is 0.0125. The SMILES string of the molecule is CCCCCCCC/C=C\CCCCCCCC(=O)OC[C@H](COP(=O)(O)OCCNC(=O)OCCNC(=O)CCC(=O)O)OC(=O)CCCCCCC/C=C\CCCCCCCC.CCN(CC)CC.N. The van der Waals surface area contributed by atoms with Crippen LogP contribution in [-0.4, -0.2) is 110 Å². The second-order valence-corrected chi connectivity index (χ2v) is 19.4. The molecule has 0 aromatic heterocycles. The normalized spacial score (nSPS) is 12.4. The van der Waals surface area contributed by atoms with Gasteiger partial charge in [-0.25, -0.2) is 9.36 Å². The van der Waals surface area contributed by atoms with E-state index in [2.05, 4.69) is 74.5 Å². The molecular weight excluding hydrogens is 944 g/mol. The predicted molar refractivity (Wildman–Crippen MR) is 289 cm³/mol. The first-order chi connectivity index (χ1) is 34.3. The molecule has 424 valence electrons. The number of esters is 2. The largest absolute Gasteiger partial charge is 0.481 e. The van der Waals surface area contributed by atoms with Gasteiger partial charge in [0.2, 0.25) is 5.91 Å². The number of aliphatic carboxylic acids is 1. The summed E-state index contributed by atoms with van der Waals surface area (Å²) in [5.74, 6) is -2.59. The van der Waals surface area contributed by atoms with Crippen LogP contribution in [0.4, 0.5) is 4.79 Å². The van der Waals surface area contributed by atoms with E-state index in [9.17, 15) is 33.4 Å². The number of amides is 2. The smallest absolute Gasteiger partial charge is 0.472 e. The molecule has 72 heavy (non-hydrogen) atoms.